The summed E-state index contributed by atoms with van der Waals surface area (Å²) >= 11 is 0. The van der Waals surface area contributed by atoms with Crippen LogP contribution in [0.4, 0.5) is 19.0 Å². The van der Waals surface area contributed by atoms with Crippen LogP contribution in [-0.4, -0.2) is 33.0 Å². The molecule has 0 spiro atoms. The Labute approximate surface area is 234 Å². The smallest absolute Gasteiger partial charge is 0.416 e. The third-order valence-electron chi connectivity index (χ3n) is 6.62. The Balaban J connectivity index is 1.77. The maximum absolute atomic E-state index is 13.7. The molecule has 0 aliphatic heterocycles. The molecule has 2 aromatic heterocycles. The van der Waals surface area contributed by atoms with Crippen LogP contribution in [0.2, 0.25) is 0 Å². The molecular formula is C31H27F3N4O3. The van der Waals surface area contributed by atoms with Crippen molar-refractivity contribution in [3.05, 3.63) is 95.1 Å². The molecule has 0 saturated carbocycles. The van der Waals surface area contributed by atoms with E-state index in [2.05, 4.69) is 15.3 Å². The zero-order chi connectivity index (χ0) is 29.5. The van der Waals surface area contributed by atoms with E-state index in [-0.39, 0.29) is 40.3 Å². The van der Waals surface area contributed by atoms with Gasteiger partial charge in [0.2, 0.25) is 0 Å². The lowest BCUT2D eigenvalue weighted by molar-refractivity contribution is -0.137. The molecule has 0 fully saturated rings. The van der Waals surface area contributed by atoms with Gasteiger partial charge in [-0.3, -0.25) is 9.36 Å². The molecule has 0 atom stereocenters. The van der Waals surface area contributed by atoms with Gasteiger partial charge >= 0.3 is 12.1 Å². The van der Waals surface area contributed by atoms with Crippen LogP contribution in [0, 0.1) is 0 Å². The minimum atomic E-state index is -4.63. The topological polar surface area (TPSA) is 86.1 Å². The van der Waals surface area contributed by atoms with Crippen LogP contribution < -0.4 is 5.32 Å². The maximum atomic E-state index is 13.7. The number of nitrogens with one attached hydrogen (secondary N) is 1. The molecule has 210 valence electrons. The lowest BCUT2D eigenvalue weighted by Crippen LogP contribution is -2.19. The summed E-state index contributed by atoms with van der Waals surface area (Å²) in [6.45, 7) is 7.79. The largest absolute Gasteiger partial charge is 0.462 e. The summed E-state index contributed by atoms with van der Waals surface area (Å²) in [5, 5.41) is 2.76. The number of carbonyl (C=O) groups excluding carboxylic acids is 2. The molecule has 2 heterocycles. The normalized spacial score (nSPS) is 12.1. The van der Waals surface area contributed by atoms with E-state index in [0.717, 1.165) is 17.7 Å². The highest BCUT2D eigenvalue weighted by atomic mass is 19.4. The van der Waals surface area contributed by atoms with Gasteiger partial charge in [0, 0.05) is 11.3 Å². The Bertz CT molecular complexity index is 1790. The van der Waals surface area contributed by atoms with E-state index in [9.17, 15) is 22.8 Å². The molecule has 0 unspecified atom stereocenters. The Hall–Kier alpha value is -4.73. The number of ether oxygens (including phenoxy) is 1. The Morgan fingerprint density at radius 3 is 2.15 bits per heavy atom. The summed E-state index contributed by atoms with van der Waals surface area (Å²) in [5.41, 5.74) is 1.26. The van der Waals surface area contributed by atoms with Crippen molar-refractivity contribution in [1.29, 1.82) is 0 Å². The van der Waals surface area contributed by atoms with Gasteiger partial charge in [-0.25, -0.2) is 14.8 Å². The summed E-state index contributed by atoms with van der Waals surface area (Å²) in [4.78, 5) is 36.1. The lowest BCUT2D eigenvalue weighted by Gasteiger charge is -2.19. The third kappa shape index (κ3) is 5.37. The van der Waals surface area contributed by atoms with Gasteiger partial charge in [0.05, 0.1) is 23.2 Å². The van der Waals surface area contributed by atoms with Crippen molar-refractivity contribution in [3.63, 3.8) is 0 Å². The van der Waals surface area contributed by atoms with E-state index in [1.54, 1.807) is 43.3 Å². The molecule has 1 amide bonds. The van der Waals surface area contributed by atoms with Gasteiger partial charge in [0.25, 0.3) is 5.91 Å². The van der Waals surface area contributed by atoms with Crippen LogP contribution in [0.15, 0.2) is 72.8 Å². The fourth-order valence-corrected chi connectivity index (χ4v) is 4.53. The van der Waals surface area contributed by atoms with E-state index in [0.29, 0.717) is 16.6 Å². The lowest BCUT2D eigenvalue weighted by atomic mass is 9.87. The first-order valence-corrected chi connectivity index (χ1v) is 13.0. The average molecular weight is 561 g/mol. The fraction of sp³-hybridized carbons (Fsp3) is 0.226. The van der Waals surface area contributed by atoms with Gasteiger partial charge in [-0.15, -0.1) is 0 Å². The number of nitrogens with zero attached hydrogens (tertiary/aromatic N) is 3. The van der Waals surface area contributed by atoms with E-state index < -0.39 is 23.6 Å². The minimum absolute atomic E-state index is 0.0255. The number of anilines is 1. The van der Waals surface area contributed by atoms with Crippen molar-refractivity contribution in [3.8, 4) is 5.69 Å². The van der Waals surface area contributed by atoms with Crippen LogP contribution in [0.5, 0.6) is 0 Å². The molecule has 3 aromatic carbocycles. The summed E-state index contributed by atoms with van der Waals surface area (Å²) < 4.78 is 47.7. The highest BCUT2D eigenvalue weighted by molar-refractivity contribution is 6.14. The molecule has 10 heteroatoms. The SMILES string of the molecule is CCOC(=O)c1c(NC(=O)c2ccc(C(C)(C)C)cc2)n(-c2cccc(C(F)(F)F)c2)c2nc3ccccc3nc12. The average Bonchev–Trinajstić information content (AvgIpc) is 3.23. The van der Waals surface area contributed by atoms with Crippen LogP contribution in [0.3, 0.4) is 0 Å². The number of benzene rings is 3. The van der Waals surface area contributed by atoms with Gasteiger partial charge < -0.3 is 10.1 Å². The monoisotopic (exact) mass is 560 g/mol. The Kier molecular flexibility index (Phi) is 7.02. The minimum Gasteiger partial charge on any atom is -0.462 e. The van der Waals surface area contributed by atoms with Gasteiger partial charge in [-0.1, -0.05) is 51.1 Å². The zero-order valence-corrected chi connectivity index (χ0v) is 22.8. The van der Waals surface area contributed by atoms with Gasteiger partial charge in [0.1, 0.15) is 16.9 Å². The van der Waals surface area contributed by atoms with Crippen molar-refractivity contribution in [2.75, 3.05) is 11.9 Å². The van der Waals surface area contributed by atoms with Crippen molar-refractivity contribution >= 4 is 39.9 Å². The van der Waals surface area contributed by atoms with Gasteiger partial charge in [-0.05, 0) is 60.4 Å². The predicted octanol–water partition coefficient (Wildman–Crippen LogP) is 7.32. The fourth-order valence-electron chi connectivity index (χ4n) is 4.53. The molecule has 0 bridgehead atoms. The number of alkyl halides is 3. The number of hydrogen-bond acceptors (Lipinski definition) is 5. The number of hydrogen-bond donors (Lipinski definition) is 1. The van der Waals surface area contributed by atoms with E-state index in [1.165, 1.54) is 16.7 Å². The number of halogens is 3. The summed E-state index contributed by atoms with van der Waals surface area (Å²) in [7, 11) is 0. The first-order valence-electron chi connectivity index (χ1n) is 13.0. The third-order valence-corrected chi connectivity index (χ3v) is 6.62. The number of esters is 1. The van der Waals surface area contributed by atoms with E-state index >= 15 is 0 Å². The number of aromatic nitrogens is 3. The molecule has 5 rings (SSSR count). The van der Waals surface area contributed by atoms with Gasteiger partial charge in [0.15, 0.2) is 5.65 Å². The van der Waals surface area contributed by atoms with E-state index in [1.807, 2.05) is 32.9 Å². The second-order valence-corrected chi connectivity index (χ2v) is 10.5. The molecule has 1 N–H and O–H groups in total. The molecule has 7 nitrogen and oxygen atoms in total. The van der Waals surface area contributed by atoms with Crippen LogP contribution in [0.25, 0.3) is 27.9 Å². The summed E-state index contributed by atoms with van der Waals surface area (Å²) in [6.07, 6.45) is -4.63. The molecule has 0 aliphatic rings. The molecule has 0 aliphatic carbocycles. The van der Waals surface area contributed by atoms with E-state index in [4.69, 9.17) is 4.74 Å². The van der Waals surface area contributed by atoms with Crippen LogP contribution in [-0.2, 0) is 16.3 Å². The standard InChI is InChI=1S/C31H27F3N4O3/c1-5-41-29(40)24-25-27(36-23-12-7-6-11-22(23)35-25)38(21-10-8-9-20(17-21)31(32,33)34)26(24)37-28(39)18-13-15-19(16-14-18)30(2,3)4/h6-17H,5H2,1-4H3,(H,37,39). The highest BCUT2D eigenvalue weighted by Crippen LogP contribution is 2.36. The Morgan fingerprint density at radius 1 is 0.878 bits per heavy atom. The number of amides is 1. The number of rotatable bonds is 5. The second-order valence-electron chi connectivity index (χ2n) is 10.5. The Morgan fingerprint density at radius 2 is 1.54 bits per heavy atom. The second kappa shape index (κ2) is 10.3. The first-order chi connectivity index (χ1) is 19.4. The molecular weight excluding hydrogens is 533 g/mol. The molecule has 0 radical (unpaired) electrons. The number of para-hydroxylation sites is 2. The van der Waals surface area contributed by atoms with Crippen LogP contribution in [0.1, 0.15) is 59.5 Å². The summed E-state index contributed by atoms with van der Waals surface area (Å²) in [6, 6.07) is 18.4. The summed E-state index contributed by atoms with van der Waals surface area (Å²) in [5.74, 6) is -1.47. The van der Waals surface area contributed by atoms with Crippen molar-refractivity contribution in [1.82, 2.24) is 14.5 Å². The molecule has 0 saturated heterocycles. The quantitative estimate of drug-likeness (QED) is 0.228. The molecule has 5 aromatic rings. The van der Waals surface area contributed by atoms with Crippen molar-refractivity contribution in [2.24, 2.45) is 0 Å². The van der Waals surface area contributed by atoms with Crippen molar-refractivity contribution < 1.29 is 27.5 Å². The van der Waals surface area contributed by atoms with Crippen LogP contribution >= 0.6 is 0 Å². The first kappa shape index (κ1) is 27.8. The van der Waals surface area contributed by atoms with Crippen molar-refractivity contribution in [2.45, 2.75) is 39.3 Å². The zero-order valence-electron chi connectivity index (χ0n) is 22.8. The predicted molar refractivity (Wildman–Crippen MR) is 150 cm³/mol. The van der Waals surface area contributed by atoms with Gasteiger partial charge in [-0.2, -0.15) is 13.2 Å². The number of fused-ring (bicyclic) bond motifs is 2. The molecule has 41 heavy (non-hydrogen) atoms. The highest BCUT2D eigenvalue weighted by Gasteiger charge is 2.33. The number of carbonyl (C=O) groups is 2. The maximum Gasteiger partial charge on any atom is 0.416 e.